The lowest BCUT2D eigenvalue weighted by molar-refractivity contribution is -0.122. The van der Waals surface area contributed by atoms with Gasteiger partial charge in [0.2, 0.25) is 0 Å². The van der Waals surface area contributed by atoms with Crippen molar-refractivity contribution >= 4 is 40.6 Å². The summed E-state index contributed by atoms with van der Waals surface area (Å²) in [6.45, 7) is 10.1. The molecule has 5 N–H and O–H groups in total. The van der Waals surface area contributed by atoms with Crippen LogP contribution in [0.5, 0.6) is 0 Å². The second-order valence-electron chi connectivity index (χ2n) is 8.93. The summed E-state index contributed by atoms with van der Waals surface area (Å²) in [6, 6.07) is 7.84. The molecule has 0 aliphatic rings. The van der Waals surface area contributed by atoms with Gasteiger partial charge < -0.3 is 21.2 Å². The lowest BCUT2D eigenvalue weighted by Gasteiger charge is -2.31. The molecule has 2 heterocycles. The quantitative estimate of drug-likeness (QED) is 0.409. The van der Waals surface area contributed by atoms with E-state index < -0.39 is 23.8 Å². The number of rotatable bonds is 9. The van der Waals surface area contributed by atoms with Crippen molar-refractivity contribution in [2.24, 2.45) is 11.7 Å². The highest BCUT2D eigenvalue weighted by Crippen LogP contribution is 2.35. The van der Waals surface area contributed by atoms with E-state index in [1.807, 2.05) is 26.0 Å². The fourth-order valence-corrected chi connectivity index (χ4v) is 4.48. The van der Waals surface area contributed by atoms with Crippen LogP contribution in [0, 0.1) is 26.7 Å². The van der Waals surface area contributed by atoms with Crippen LogP contribution >= 0.6 is 11.5 Å². The molecule has 9 nitrogen and oxygen atoms in total. The van der Waals surface area contributed by atoms with E-state index in [2.05, 4.69) is 23.5 Å². The Balaban J connectivity index is 2.17. The van der Waals surface area contributed by atoms with Crippen LogP contribution in [0.3, 0.4) is 0 Å². The van der Waals surface area contributed by atoms with Gasteiger partial charge in [-0.25, -0.2) is 0 Å². The molecule has 35 heavy (non-hydrogen) atoms. The SMILES string of the molecule is Cc1ccc(N(C(=O)c2snc(C(N)=O)c2N)[C@@H](C(=O)NCCC(C)C)c2ccc(C)o2)c(C)c1. The zero-order valence-electron chi connectivity index (χ0n) is 20.5. The number of nitrogens with one attached hydrogen (secondary N) is 1. The van der Waals surface area contributed by atoms with E-state index in [1.54, 1.807) is 25.1 Å². The molecule has 3 rings (SSSR count). The molecule has 1 aromatic carbocycles. The monoisotopic (exact) mass is 497 g/mol. The highest BCUT2D eigenvalue weighted by molar-refractivity contribution is 7.09. The maximum Gasteiger partial charge on any atom is 0.273 e. The molecule has 0 spiro atoms. The number of benzene rings is 1. The molecule has 0 radical (unpaired) electrons. The summed E-state index contributed by atoms with van der Waals surface area (Å²) in [5.41, 5.74) is 13.4. The van der Waals surface area contributed by atoms with Gasteiger partial charge in [-0.1, -0.05) is 31.5 Å². The van der Waals surface area contributed by atoms with Crippen molar-refractivity contribution < 1.29 is 18.8 Å². The number of nitrogens with zero attached hydrogens (tertiary/aromatic N) is 2. The van der Waals surface area contributed by atoms with Crippen molar-refractivity contribution in [3.63, 3.8) is 0 Å². The maximum absolute atomic E-state index is 14.0. The largest absolute Gasteiger partial charge is 0.464 e. The number of carbonyl (C=O) groups is 3. The fourth-order valence-electron chi connectivity index (χ4n) is 3.73. The van der Waals surface area contributed by atoms with E-state index in [9.17, 15) is 14.4 Å². The van der Waals surface area contributed by atoms with Gasteiger partial charge in [-0.15, -0.1) is 0 Å². The third-order valence-electron chi connectivity index (χ3n) is 5.54. The Morgan fingerprint density at radius 3 is 2.40 bits per heavy atom. The van der Waals surface area contributed by atoms with Crippen LogP contribution in [0.25, 0.3) is 0 Å². The average molecular weight is 498 g/mol. The van der Waals surface area contributed by atoms with Crippen molar-refractivity contribution in [2.75, 3.05) is 17.2 Å². The molecule has 0 bridgehead atoms. The first-order chi connectivity index (χ1) is 16.5. The van der Waals surface area contributed by atoms with Crippen LogP contribution in [0.4, 0.5) is 11.4 Å². The molecule has 0 saturated heterocycles. The van der Waals surface area contributed by atoms with Crippen LogP contribution in [-0.4, -0.2) is 28.6 Å². The van der Waals surface area contributed by atoms with Crippen molar-refractivity contribution in [3.8, 4) is 0 Å². The summed E-state index contributed by atoms with van der Waals surface area (Å²) in [6.07, 6.45) is 0.775. The molecule has 0 saturated carbocycles. The van der Waals surface area contributed by atoms with Gasteiger partial charge in [0.25, 0.3) is 17.7 Å². The van der Waals surface area contributed by atoms with E-state index in [4.69, 9.17) is 15.9 Å². The van der Waals surface area contributed by atoms with Crippen molar-refractivity contribution in [2.45, 2.75) is 47.1 Å². The Morgan fingerprint density at radius 2 is 1.86 bits per heavy atom. The van der Waals surface area contributed by atoms with Gasteiger partial charge in [-0.2, -0.15) is 4.37 Å². The van der Waals surface area contributed by atoms with E-state index in [1.165, 1.54) is 4.90 Å². The predicted octanol–water partition coefficient (Wildman–Crippen LogP) is 3.89. The summed E-state index contributed by atoms with van der Waals surface area (Å²) >= 11 is 0.767. The molecule has 0 aliphatic carbocycles. The van der Waals surface area contributed by atoms with Gasteiger partial charge in [0, 0.05) is 12.2 Å². The van der Waals surface area contributed by atoms with Gasteiger partial charge >= 0.3 is 0 Å². The maximum atomic E-state index is 14.0. The second-order valence-corrected chi connectivity index (χ2v) is 9.70. The number of furan rings is 1. The van der Waals surface area contributed by atoms with E-state index in [-0.39, 0.29) is 16.3 Å². The predicted molar refractivity (Wildman–Crippen MR) is 136 cm³/mol. The molecule has 3 aromatic rings. The molecule has 0 fully saturated rings. The molecule has 2 aromatic heterocycles. The minimum absolute atomic E-state index is 0.0158. The lowest BCUT2D eigenvalue weighted by atomic mass is 10.0. The lowest BCUT2D eigenvalue weighted by Crippen LogP contribution is -2.44. The zero-order valence-corrected chi connectivity index (χ0v) is 21.4. The number of hydrogen-bond acceptors (Lipinski definition) is 7. The first-order valence-corrected chi connectivity index (χ1v) is 12.1. The number of carbonyl (C=O) groups excluding carboxylic acids is 3. The molecule has 3 amide bonds. The highest BCUT2D eigenvalue weighted by Gasteiger charge is 2.38. The van der Waals surface area contributed by atoms with E-state index in [0.717, 1.165) is 29.1 Å². The summed E-state index contributed by atoms with van der Waals surface area (Å²) < 4.78 is 9.82. The Morgan fingerprint density at radius 1 is 1.14 bits per heavy atom. The fraction of sp³-hybridized carbons (Fsp3) is 0.360. The Bertz CT molecular complexity index is 1250. The zero-order chi connectivity index (χ0) is 25.9. The standard InChI is InChI=1S/C25H31N5O4S/c1-13(2)10-11-28-24(32)21(18-9-7-16(5)34-18)30(17-8-6-14(3)12-15(17)4)25(33)22-19(26)20(23(27)31)29-35-22/h6-9,12-13,21H,10-11,26H2,1-5H3,(H2,27,31)(H,28,32)/t21-/m1/s1. The van der Waals surface area contributed by atoms with Gasteiger partial charge in [0.1, 0.15) is 16.4 Å². The third kappa shape index (κ3) is 5.71. The number of nitrogen functional groups attached to an aromatic ring is 1. The van der Waals surface area contributed by atoms with Gasteiger partial charge in [-0.05, 0) is 68.4 Å². The summed E-state index contributed by atoms with van der Waals surface area (Å²) in [4.78, 5) is 40.6. The van der Waals surface area contributed by atoms with Crippen molar-refractivity contribution in [1.82, 2.24) is 9.69 Å². The van der Waals surface area contributed by atoms with E-state index >= 15 is 0 Å². The minimum atomic E-state index is -1.12. The molecule has 0 aliphatic heterocycles. The molecular weight excluding hydrogens is 466 g/mol. The molecule has 186 valence electrons. The first kappa shape index (κ1) is 26.0. The first-order valence-electron chi connectivity index (χ1n) is 11.3. The van der Waals surface area contributed by atoms with Gasteiger partial charge in [0.05, 0.1) is 5.69 Å². The number of aryl methyl sites for hydroxylation is 3. The molecule has 1 atom stereocenters. The normalized spacial score (nSPS) is 11.9. The van der Waals surface area contributed by atoms with Crippen molar-refractivity contribution in [3.05, 3.63) is 63.6 Å². The summed E-state index contributed by atoms with van der Waals surface area (Å²) in [5.74, 6) is -0.525. The average Bonchev–Trinajstić information content (AvgIpc) is 3.37. The van der Waals surface area contributed by atoms with Crippen LogP contribution < -0.4 is 21.7 Å². The summed E-state index contributed by atoms with van der Waals surface area (Å²) in [7, 11) is 0. The van der Waals surface area contributed by atoms with Crippen LogP contribution in [-0.2, 0) is 4.79 Å². The molecular formula is C25H31N5O4S. The number of primary amides is 1. The Labute approximate surface area is 208 Å². The number of nitrogens with two attached hydrogens (primary N) is 2. The topological polar surface area (TPSA) is 145 Å². The summed E-state index contributed by atoms with van der Waals surface area (Å²) in [5, 5.41) is 2.94. The minimum Gasteiger partial charge on any atom is -0.464 e. The van der Waals surface area contributed by atoms with Crippen molar-refractivity contribution in [1.29, 1.82) is 0 Å². The second kappa shape index (κ2) is 10.7. The van der Waals surface area contributed by atoms with Gasteiger partial charge in [0.15, 0.2) is 11.7 Å². The number of anilines is 2. The number of aromatic nitrogens is 1. The third-order valence-corrected chi connectivity index (χ3v) is 6.40. The van der Waals surface area contributed by atoms with E-state index in [0.29, 0.717) is 29.7 Å². The van der Waals surface area contributed by atoms with Crippen LogP contribution in [0.1, 0.15) is 69.1 Å². The van der Waals surface area contributed by atoms with Crippen LogP contribution in [0.2, 0.25) is 0 Å². The Hall–Kier alpha value is -3.66. The number of hydrogen-bond donors (Lipinski definition) is 3. The molecule has 10 heteroatoms. The highest BCUT2D eigenvalue weighted by atomic mass is 32.1. The smallest absolute Gasteiger partial charge is 0.273 e. The van der Waals surface area contributed by atoms with Gasteiger partial charge in [-0.3, -0.25) is 19.3 Å². The number of amides is 3. The molecule has 0 unspecified atom stereocenters. The Kier molecular flexibility index (Phi) is 7.96. The van der Waals surface area contributed by atoms with Crippen LogP contribution in [0.15, 0.2) is 34.7 Å².